The first-order valence-electron chi connectivity index (χ1n) is 8.48. The van der Waals surface area contributed by atoms with Gasteiger partial charge in [0.2, 0.25) is 0 Å². The van der Waals surface area contributed by atoms with E-state index in [2.05, 4.69) is 25.8 Å². The molecule has 4 rings (SSSR count). The summed E-state index contributed by atoms with van der Waals surface area (Å²) in [4.78, 5) is 2.23. The lowest BCUT2D eigenvalue weighted by Gasteiger charge is -2.28. The summed E-state index contributed by atoms with van der Waals surface area (Å²) in [6, 6.07) is 14.1. The molecular formula is C18H19N5O2S. The predicted molar refractivity (Wildman–Crippen MR) is 104 cm³/mol. The van der Waals surface area contributed by atoms with Crippen LogP contribution < -0.4 is 15.5 Å². The number of fused-ring (bicyclic) bond motifs is 1. The predicted octanol–water partition coefficient (Wildman–Crippen LogP) is 2.55. The molecule has 26 heavy (non-hydrogen) atoms. The fraction of sp³-hybridized carbons (Fsp3) is 0.278. The molecule has 2 N–H and O–H groups in total. The number of morpholine rings is 1. The molecule has 0 amide bonds. The number of nitrogens with one attached hydrogen (secondary N) is 2. The normalized spacial score (nSPS) is 14.4. The van der Waals surface area contributed by atoms with Crippen LogP contribution in [0.2, 0.25) is 0 Å². The minimum absolute atomic E-state index is 0.525. The fourth-order valence-corrected chi connectivity index (χ4v) is 3.14. The summed E-state index contributed by atoms with van der Waals surface area (Å²) >= 11 is 5.40. The van der Waals surface area contributed by atoms with Crippen LogP contribution in [0.5, 0.6) is 0 Å². The largest absolute Gasteiger partial charge is 0.378 e. The van der Waals surface area contributed by atoms with Crippen molar-refractivity contribution >= 4 is 39.7 Å². The average molecular weight is 369 g/mol. The van der Waals surface area contributed by atoms with Crippen LogP contribution >= 0.6 is 12.2 Å². The molecule has 2 aromatic carbocycles. The van der Waals surface area contributed by atoms with E-state index in [1.54, 1.807) is 0 Å². The Hall–Kier alpha value is -2.71. The molecule has 1 aliphatic heterocycles. The maximum absolute atomic E-state index is 5.42. The van der Waals surface area contributed by atoms with Gasteiger partial charge >= 0.3 is 0 Å². The van der Waals surface area contributed by atoms with Gasteiger partial charge in [-0.2, -0.15) is 0 Å². The van der Waals surface area contributed by atoms with Gasteiger partial charge < -0.3 is 20.3 Å². The topological polar surface area (TPSA) is 75.5 Å². The van der Waals surface area contributed by atoms with E-state index in [4.69, 9.17) is 21.6 Å². The highest BCUT2D eigenvalue weighted by Crippen LogP contribution is 2.30. The van der Waals surface area contributed by atoms with Gasteiger partial charge in [0, 0.05) is 19.6 Å². The lowest BCUT2D eigenvalue weighted by atomic mass is 10.2. The lowest BCUT2D eigenvalue weighted by molar-refractivity contribution is 0.123. The SMILES string of the molecule is S=C(NCc1ccccc1)Nc1ccc(N2CCOCC2)c2nonc12. The molecule has 3 aromatic rings. The zero-order valence-electron chi connectivity index (χ0n) is 14.1. The molecule has 7 nitrogen and oxygen atoms in total. The minimum atomic E-state index is 0.525. The number of ether oxygens (including phenoxy) is 1. The quantitative estimate of drug-likeness (QED) is 0.680. The monoisotopic (exact) mass is 369 g/mol. The van der Waals surface area contributed by atoms with Crippen molar-refractivity contribution in [2.45, 2.75) is 6.54 Å². The van der Waals surface area contributed by atoms with Gasteiger partial charge in [-0.15, -0.1) is 0 Å². The molecule has 0 radical (unpaired) electrons. The number of hydrogen-bond acceptors (Lipinski definition) is 6. The maximum Gasteiger partial charge on any atom is 0.171 e. The molecule has 1 saturated heterocycles. The van der Waals surface area contributed by atoms with E-state index < -0.39 is 0 Å². The fourth-order valence-electron chi connectivity index (χ4n) is 2.96. The molecule has 8 heteroatoms. The van der Waals surface area contributed by atoms with Crippen LogP contribution in [0.1, 0.15) is 5.56 Å². The van der Waals surface area contributed by atoms with Crippen molar-refractivity contribution in [3.8, 4) is 0 Å². The summed E-state index contributed by atoms with van der Waals surface area (Å²) in [7, 11) is 0. The highest BCUT2D eigenvalue weighted by atomic mass is 32.1. The third-order valence-corrected chi connectivity index (χ3v) is 4.54. The van der Waals surface area contributed by atoms with Crippen molar-refractivity contribution in [2.75, 3.05) is 36.5 Å². The first kappa shape index (κ1) is 16.7. The Kier molecular flexibility index (Phi) is 4.94. The van der Waals surface area contributed by atoms with Crippen LogP contribution in [0.15, 0.2) is 47.1 Å². The number of aromatic nitrogens is 2. The van der Waals surface area contributed by atoms with Crippen LogP contribution in [0.3, 0.4) is 0 Å². The Morgan fingerprint density at radius 2 is 1.81 bits per heavy atom. The molecule has 0 spiro atoms. The standard InChI is InChI=1S/C18H19N5O2S/c26-18(19-12-13-4-2-1-3-5-13)20-14-6-7-15(17-16(14)21-25-22-17)23-8-10-24-11-9-23/h1-7H,8-12H2,(H2,19,20,26). The second-order valence-corrected chi connectivity index (χ2v) is 6.39. The first-order valence-corrected chi connectivity index (χ1v) is 8.89. The second kappa shape index (κ2) is 7.67. The zero-order valence-corrected chi connectivity index (χ0v) is 15.0. The van der Waals surface area contributed by atoms with Crippen LogP contribution in [0.25, 0.3) is 11.0 Å². The lowest BCUT2D eigenvalue weighted by Crippen LogP contribution is -2.36. The molecule has 0 saturated carbocycles. The van der Waals surface area contributed by atoms with Crippen molar-refractivity contribution in [3.63, 3.8) is 0 Å². The van der Waals surface area contributed by atoms with Crippen LogP contribution in [-0.2, 0) is 11.3 Å². The third-order valence-electron chi connectivity index (χ3n) is 4.29. The summed E-state index contributed by atoms with van der Waals surface area (Å²) in [5.41, 5.74) is 4.32. The molecule has 1 fully saturated rings. The van der Waals surface area contributed by atoms with Crippen molar-refractivity contribution < 1.29 is 9.37 Å². The Bertz CT molecular complexity index is 893. The Morgan fingerprint density at radius 1 is 1.04 bits per heavy atom. The molecule has 0 unspecified atom stereocenters. The molecule has 1 aliphatic rings. The van der Waals surface area contributed by atoms with Crippen molar-refractivity contribution in [2.24, 2.45) is 0 Å². The van der Waals surface area contributed by atoms with E-state index in [1.807, 2.05) is 42.5 Å². The van der Waals surface area contributed by atoms with Crippen molar-refractivity contribution in [1.82, 2.24) is 15.6 Å². The van der Waals surface area contributed by atoms with Crippen molar-refractivity contribution in [1.29, 1.82) is 0 Å². The van der Waals surface area contributed by atoms with E-state index in [9.17, 15) is 0 Å². The number of hydrogen-bond donors (Lipinski definition) is 2. The summed E-state index contributed by atoms with van der Waals surface area (Å²) in [5.74, 6) is 0. The molecule has 2 heterocycles. The zero-order chi connectivity index (χ0) is 17.8. The molecule has 134 valence electrons. The average Bonchev–Trinajstić information content (AvgIpc) is 3.18. The van der Waals surface area contributed by atoms with Gasteiger partial charge in [-0.05, 0) is 40.2 Å². The smallest absolute Gasteiger partial charge is 0.171 e. The van der Waals surface area contributed by atoms with Gasteiger partial charge in [0.25, 0.3) is 0 Å². The molecule has 0 atom stereocenters. The summed E-state index contributed by atoms with van der Waals surface area (Å²) in [6.07, 6.45) is 0. The number of nitrogens with zero attached hydrogens (tertiary/aromatic N) is 3. The van der Waals surface area contributed by atoms with E-state index in [1.165, 1.54) is 0 Å². The van der Waals surface area contributed by atoms with Gasteiger partial charge in [0.05, 0.1) is 24.6 Å². The first-order chi connectivity index (χ1) is 12.8. The Labute approximate surface area is 156 Å². The van der Waals surface area contributed by atoms with E-state index >= 15 is 0 Å². The number of rotatable bonds is 4. The van der Waals surface area contributed by atoms with E-state index in [0.717, 1.165) is 35.5 Å². The van der Waals surface area contributed by atoms with Crippen LogP contribution in [-0.4, -0.2) is 41.7 Å². The van der Waals surface area contributed by atoms with Gasteiger partial charge in [-0.1, -0.05) is 30.3 Å². The molecule has 0 aliphatic carbocycles. The number of anilines is 2. The summed E-state index contributed by atoms with van der Waals surface area (Å²) in [5, 5.41) is 15.0. The Morgan fingerprint density at radius 3 is 2.62 bits per heavy atom. The minimum Gasteiger partial charge on any atom is -0.378 e. The third kappa shape index (κ3) is 3.61. The molecule has 1 aromatic heterocycles. The van der Waals surface area contributed by atoms with Crippen LogP contribution in [0.4, 0.5) is 11.4 Å². The number of benzene rings is 2. The molecule has 0 bridgehead atoms. The number of thiocarbonyl (C=S) groups is 1. The summed E-state index contributed by atoms with van der Waals surface area (Å²) in [6.45, 7) is 3.72. The van der Waals surface area contributed by atoms with E-state index in [0.29, 0.717) is 30.4 Å². The highest BCUT2D eigenvalue weighted by molar-refractivity contribution is 7.80. The second-order valence-electron chi connectivity index (χ2n) is 5.99. The summed E-state index contributed by atoms with van der Waals surface area (Å²) < 4.78 is 10.4. The molecular weight excluding hydrogens is 350 g/mol. The van der Waals surface area contributed by atoms with E-state index in [-0.39, 0.29) is 0 Å². The maximum atomic E-state index is 5.42. The van der Waals surface area contributed by atoms with Gasteiger partial charge in [0.1, 0.15) is 0 Å². The Balaban J connectivity index is 1.48. The van der Waals surface area contributed by atoms with Gasteiger partial charge in [0.15, 0.2) is 16.1 Å². The van der Waals surface area contributed by atoms with Gasteiger partial charge in [-0.3, -0.25) is 0 Å². The van der Waals surface area contributed by atoms with Crippen LogP contribution in [0, 0.1) is 0 Å². The van der Waals surface area contributed by atoms with Gasteiger partial charge in [-0.25, -0.2) is 4.63 Å². The highest BCUT2D eigenvalue weighted by Gasteiger charge is 2.19. The van der Waals surface area contributed by atoms with Crippen molar-refractivity contribution in [3.05, 3.63) is 48.0 Å².